The van der Waals surface area contributed by atoms with Crippen LogP contribution in [0.3, 0.4) is 0 Å². The molecule has 0 bridgehead atoms. The van der Waals surface area contributed by atoms with Crippen molar-refractivity contribution < 1.29 is 0 Å². The van der Waals surface area contributed by atoms with Gasteiger partial charge in [-0.05, 0) is 39.9 Å². The Morgan fingerprint density at radius 1 is 1.30 bits per heavy atom. The van der Waals surface area contributed by atoms with E-state index in [-0.39, 0.29) is 0 Å². The zero-order valence-corrected chi connectivity index (χ0v) is 14.4. The molecule has 1 aliphatic heterocycles. The lowest BCUT2D eigenvalue weighted by Gasteiger charge is -2.24. The van der Waals surface area contributed by atoms with Crippen LogP contribution < -0.4 is 0 Å². The third-order valence-electron chi connectivity index (χ3n) is 4.79. The summed E-state index contributed by atoms with van der Waals surface area (Å²) in [4.78, 5) is 4.95. The molecule has 3 heterocycles. The van der Waals surface area contributed by atoms with Crippen molar-refractivity contribution in [2.75, 3.05) is 26.7 Å². The molecule has 126 valence electrons. The van der Waals surface area contributed by atoms with Crippen molar-refractivity contribution in [1.82, 2.24) is 34.3 Å². The molecule has 7 nitrogen and oxygen atoms in total. The van der Waals surface area contributed by atoms with E-state index in [1.54, 1.807) is 0 Å². The summed E-state index contributed by atoms with van der Waals surface area (Å²) in [5.41, 5.74) is 0. The zero-order chi connectivity index (χ0) is 16.2. The highest BCUT2D eigenvalue weighted by molar-refractivity contribution is 4.95. The molecular weight excluding hydrogens is 290 g/mol. The van der Waals surface area contributed by atoms with Crippen molar-refractivity contribution in [1.29, 1.82) is 0 Å². The van der Waals surface area contributed by atoms with Crippen molar-refractivity contribution in [3.05, 3.63) is 30.1 Å². The first-order valence-corrected chi connectivity index (χ1v) is 8.46. The summed E-state index contributed by atoms with van der Waals surface area (Å²) in [6, 6.07) is 2.57. The van der Waals surface area contributed by atoms with Crippen LogP contribution in [0.5, 0.6) is 0 Å². The number of nitrogens with zero attached hydrogens (tertiary/aromatic N) is 7. The summed E-state index contributed by atoms with van der Waals surface area (Å²) >= 11 is 0. The molecule has 0 aromatic carbocycles. The van der Waals surface area contributed by atoms with Crippen molar-refractivity contribution in [3.63, 3.8) is 0 Å². The van der Waals surface area contributed by atoms with E-state index in [9.17, 15) is 0 Å². The maximum Gasteiger partial charge on any atom is 0.147 e. The van der Waals surface area contributed by atoms with E-state index in [0.29, 0.717) is 6.04 Å². The Hall–Kier alpha value is -1.73. The fourth-order valence-corrected chi connectivity index (χ4v) is 3.36. The number of rotatable bonds is 7. The van der Waals surface area contributed by atoms with Crippen LogP contribution in [0.15, 0.2) is 18.5 Å². The topological polar surface area (TPSA) is 55.0 Å². The number of likely N-dealkylation sites (tertiary alicyclic amines) is 1. The maximum absolute atomic E-state index is 4.33. The van der Waals surface area contributed by atoms with Gasteiger partial charge in [0.15, 0.2) is 0 Å². The van der Waals surface area contributed by atoms with Crippen LogP contribution in [0.25, 0.3) is 0 Å². The second kappa shape index (κ2) is 7.23. The molecule has 1 atom stereocenters. The van der Waals surface area contributed by atoms with Gasteiger partial charge in [-0.25, -0.2) is 0 Å². The van der Waals surface area contributed by atoms with Gasteiger partial charge in [0.25, 0.3) is 0 Å². The number of aromatic nitrogens is 5. The SMILES string of the molecule is CCn1c(C)nnc1CN(C)[C@H]1CCN(CCn2cccn2)C1. The largest absolute Gasteiger partial charge is 0.314 e. The average molecular weight is 317 g/mol. The van der Waals surface area contributed by atoms with Gasteiger partial charge in [0.2, 0.25) is 0 Å². The van der Waals surface area contributed by atoms with E-state index in [4.69, 9.17) is 0 Å². The van der Waals surface area contributed by atoms with Crippen LogP contribution in [0.2, 0.25) is 0 Å². The molecule has 0 saturated carbocycles. The van der Waals surface area contributed by atoms with Crippen molar-refractivity contribution >= 4 is 0 Å². The molecule has 1 saturated heterocycles. The predicted molar refractivity (Wildman–Crippen MR) is 89.0 cm³/mol. The summed E-state index contributed by atoms with van der Waals surface area (Å²) in [6.45, 7) is 10.3. The molecule has 0 N–H and O–H groups in total. The van der Waals surface area contributed by atoms with E-state index < -0.39 is 0 Å². The lowest BCUT2D eigenvalue weighted by molar-refractivity contribution is 0.215. The summed E-state index contributed by atoms with van der Waals surface area (Å²) in [5.74, 6) is 2.07. The van der Waals surface area contributed by atoms with Gasteiger partial charge in [0, 0.05) is 38.1 Å². The minimum atomic E-state index is 0.593. The number of likely N-dealkylation sites (N-methyl/N-ethyl adjacent to an activating group) is 1. The Morgan fingerprint density at radius 3 is 2.91 bits per heavy atom. The zero-order valence-electron chi connectivity index (χ0n) is 14.4. The fourth-order valence-electron chi connectivity index (χ4n) is 3.36. The van der Waals surface area contributed by atoms with Gasteiger partial charge in [-0.3, -0.25) is 14.5 Å². The Morgan fingerprint density at radius 2 is 2.17 bits per heavy atom. The lowest BCUT2D eigenvalue weighted by Crippen LogP contribution is -2.35. The molecule has 2 aromatic heterocycles. The van der Waals surface area contributed by atoms with E-state index in [0.717, 1.165) is 50.9 Å². The van der Waals surface area contributed by atoms with Gasteiger partial charge in [0.05, 0.1) is 13.1 Å². The molecule has 1 aliphatic rings. The second-order valence-corrected chi connectivity index (χ2v) is 6.34. The summed E-state index contributed by atoms with van der Waals surface area (Å²) in [6.07, 6.45) is 5.08. The fraction of sp³-hybridized carbons (Fsp3) is 0.688. The van der Waals surface area contributed by atoms with Gasteiger partial charge in [-0.2, -0.15) is 5.10 Å². The van der Waals surface area contributed by atoms with E-state index in [2.05, 4.69) is 43.6 Å². The number of aryl methyl sites for hydroxylation is 1. The van der Waals surface area contributed by atoms with E-state index >= 15 is 0 Å². The first kappa shape index (κ1) is 16.1. The molecule has 23 heavy (non-hydrogen) atoms. The third kappa shape index (κ3) is 3.79. The highest BCUT2D eigenvalue weighted by Crippen LogP contribution is 2.16. The van der Waals surface area contributed by atoms with E-state index in [1.165, 1.54) is 6.42 Å². The highest BCUT2D eigenvalue weighted by Gasteiger charge is 2.26. The monoisotopic (exact) mass is 317 g/mol. The maximum atomic E-state index is 4.33. The molecule has 0 amide bonds. The van der Waals surface area contributed by atoms with Crippen LogP contribution in [0.1, 0.15) is 25.0 Å². The van der Waals surface area contributed by atoms with E-state index in [1.807, 2.05) is 30.1 Å². The Balaban J connectivity index is 1.49. The molecule has 0 spiro atoms. The van der Waals surface area contributed by atoms with Gasteiger partial charge < -0.3 is 4.57 Å². The molecule has 3 rings (SSSR count). The Labute approximate surface area is 137 Å². The summed E-state index contributed by atoms with van der Waals surface area (Å²) < 4.78 is 4.20. The molecule has 0 radical (unpaired) electrons. The lowest BCUT2D eigenvalue weighted by atomic mass is 10.2. The molecule has 2 aromatic rings. The smallest absolute Gasteiger partial charge is 0.147 e. The normalized spacial score (nSPS) is 19.0. The van der Waals surface area contributed by atoms with Crippen molar-refractivity contribution in [2.45, 2.75) is 45.9 Å². The van der Waals surface area contributed by atoms with Crippen LogP contribution in [0.4, 0.5) is 0 Å². The minimum absolute atomic E-state index is 0.593. The van der Waals surface area contributed by atoms with Crippen molar-refractivity contribution in [3.8, 4) is 0 Å². The molecular formula is C16H27N7. The molecule has 1 fully saturated rings. The van der Waals surface area contributed by atoms with Gasteiger partial charge >= 0.3 is 0 Å². The number of hydrogen-bond acceptors (Lipinski definition) is 5. The quantitative estimate of drug-likeness (QED) is 0.763. The Kier molecular flexibility index (Phi) is 5.07. The van der Waals surface area contributed by atoms with Crippen molar-refractivity contribution in [2.24, 2.45) is 0 Å². The van der Waals surface area contributed by atoms with Gasteiger partial charge in [-0.15, -0.1) is 10.2 Å². The summed E-state index contributed by atoms with van der Waals surface area (Å²) in [7, 11) is 2.20. The molecule has 0 unspecified atom stereocenters. The predicted octanol–water partition coefficient (Wildman–Crippen LogP) is 1.01. The van der Waals surface area contributed by atoms with Crippen LogP contribution in [-0.2, 0) is 19.6 Å². The first-order chi connectivity index (χ1) is 11.2. The van der Waals surface area contributed by atoms with Gasteiger partial charge in [0.1, 0.15) is 11.6 Å². The van der Waals surface area contributed by atoms with Crippen LogP contribution >= 0.6 is 0 Å². The second-order valence-electron chi connectivity index (χ2n) is 6.34. The Bertz CT molecular complexity index is 604. The first-order valence-electron chi connectivity index (χ1n) is 8.46. The molecule has 7 heteroatoms. The third-order valence-corrected chi connectivity index (χ3v) is 4.79. The highest BCUT2D eigenvalue weighted by atomic mass is 15.3. The molecule has 0 aliphatic carbocycles. The standard InChI is InChI=1S/C16H27N7/c1-4-23-14(2)18-19-16(23)13-20(3)15-6-9-21(12-15)10-11-22-8-5-7-17-22/h5,7-8,15H,4,6,9-13H2,1-3H3/t15-/m0/s1. The number of hydrogen-bond donors (Lipinski definition) is 0. The minimum Gasteiger partial charge on any atom is -0.314 e. The van der Waals surface area contributed by atoms with Crippen LogP contribution in [-0.4, -0.2) is 67.1 Å². The van der Waals surface area contributed by atoms with Crippen LogP contribution in [0, 0.1) is 6.92 Å². The summed E-state index contributed by atoms with van der Waals surface area (Å²) in [5, 5.41) is 12.8. The van der Waals surface area contributed by atoms with Gasteiger partial charge in [-0.1, -0.05) is 0 Å². The average Bonchev–Trinajstić information content (AvgIpc) is 3.26.